The van der Waals surface area contributed by atoms with Gasteiger partial charge in [0.25, 0.3) is 0 Å². The highest BCUT2D eigenvalue weighted by Gasteiger charge is 2.28. The average molecular weight is 298 g/mol. The third kappa shape index (κ3) is 5.21. The molecule has 122 valence electrons. The summed E-state index contributed by atoms with van der Waals surface area (Å²) in [5, 5.41) is 12.0. The van der Waals surface area contributed by atoms with Crippen molar-refractivity contribution in [2.24, 2.45) is 17.8 Å². The van der Waals surface area contributed by atoms with Crippen molar-refractivity contribution in [2.75, 3.05) is 13.1 Å². The molecule has 1 rings (SSSR count). The van der Waals surface area contributed by atoms with Gasteiger partial charge in [-0.05, 0) is 37.0 Å². The quantitative estimate of drug-likeness (QED) is 0.820. The minimum absolute atomic E-state index is 0.0677. The number of hydrogen-bond donors (Lipinski definition) is 2. The molecule has 0 spiro atoms. The second kappa shape index (κ2) is 8.25. The summed E-state index contributed by atoms with van der Waals surface area (Å²) in [6, 6.07) is -1.03. The highest BCUT2D eigenvalue weighted by Crippen LogP contribution is 2.24. The third-order valence-electron chi connectivity index (χ3n) is 4.76. The fourth-order valence-corrected chi connectivity index (χ4v) is 2.90. The van der Waals surface area contributed by atoms with E-state index in [1.54, 1.807) is 4.90 Å². The molecule has 0 bridgehead atoms. The van der Waals surface area contributed by atoms with Crippen LogP contribution in [0.25, 0.3) is 0 Å². The fourth-order valence-electron chi connectivity index (χ4n) is 2.90. The van der Waals surface area contributed by atoms with Crippen molar-refractivity contribution in [1.29, 1.82) is 0 Å². The molecule has 1 fully saturated rings. The molecule has 1 aliphatic heterocycles. The predicted octanol–water partition coefficient (Wildman–Crippen LogP) is 2.95. The molecule has 2 N–H and O–H groups in total. The number of urea groups is 1. The maximum absolute atomic E-state index is 12.3. The Morgan fingerprint density at radius 2 is 1.90 bits per heavy atom. The summed E-state index contributed by atoms with van der Waals surface area (Å²) >= 11 is 0. The molecule has 0 aliphatic carbocycles. The lowest BCUT2D eigenvalue weighted by Crippen LogP contribution is -2.50. The van der Waals surface area contributed by atoms with Crippen molar-refractivity contribution in [3.63, 3.8) is 0 Å². The summed E-state index contributed by atoms with van der Waals surface area (Å²) in [5.41, 5.74) is 0. The minimum Gasteiger partial charge on any atom is -0.480 e. The molecule has 0 aromatic rings. The topological polar surface area (TPSA) is 69.6 Å². The first-order valence-electron chi connectivity index (χ1n) is 8.15. The number of rotatable bonds is 5. The zero-order chi connectivity index (χ0) is 16.0. The first-order chi connectivity index (χ1) is 9.86. The smallest absolute Gasteiger partial charge is 0.326 e. The van der Waals surface area contributed by atoms with E-state index in [0.29, 0.717) is 11.8 Å². The number of nitrogens with zero attached hydrogens (tertiary/aromatic N) is 1. The van der Waals surface area contributed by atoms with Crippen LogP contribution in [0, 0.1) is 17.8 Å². The molecular weight excluding hydrogens is 268 g/mol. The Hall–Kier alpha value is -1.26. The normalized spacial score (nSPS) is 22.5. The highest BCUT2D eigenvalue weighted by atomic mass is 16.4. The standard InChI is InChI=1S/C16H30N2O3/c1-5-12(4)14(15(19)20)17-16(21)18-9-6-7-13(8-10-18)11(2)3/h11-14H,5-10H2,1-4H3,(H,17,21)(H,19,20). The van der Waals surface area contributed by atoms with E-state index < -0.39 is 12.0 Å². The van der Waals surface area contributed by atoms with Gasteiger partial charge in [0.2, 0.25) is 0 Å². The van der Waals surface area contributed by atoms with Crippen molar-refractivity contribution < 1.29 is 14.7 Å². The number of hydrogen-bond acceptors (Lipinski definition) is 2. The van der Waals surface area contributed by atoms with E-state index in [4.69, 9.17) is 0 Å². The van der Waals surface area contributed by atoms with Crippen molar-refractivity contribution in [1.82, 2.24) is 10.2 Å². The Bertz CT molecular complexity index is 357. The molecule has 0 aromatic carbocycles. The molecular formula is C16H30N2O3. The van der Waals surface area contributed by atoms with Crippen molar-refractivity contribution in [3.8, 4) is 0 Å². The Morgan fingerprint density at radius 1 is 1.24 bits per heavy atom. The van der Waals surface area contributed by atoms with E-state index in [1.165, 1.54) is 0 Å². The van der Waals surface area contributed by atoms with Crippen LogP contribution in [0.4, 0.5) is 4.79 Å². The van der Waals surface area contributed by atoms with Gasteiger partial charge in [-0.15, -0.1) is 0 Å². The molecule has 0 aromatic heterocycles. The predicted molar refractivity (Wildman–Crippen MR) is 83.2 cm³/mol. The Balaban J connectivity index is 2.60. The van der Waals surface area contributed by atoms with E-state index in [1.807, 2.05) is 13.8 Å². The lowest BCUT2D eigenvalue weighted by Gasteiger charge is -2.26. The summed E-state index contributed by atoms with van der Waals surface area (Å²) in [4.78, 5) is 25.4. The van der Waals surface area contributed by atoms with E-state index in [0.717, 1.165) is 38.8 Å². The van der Waals surface area contributed by atoms with Crippen LogP contribution in [0.5, 0.6) is 0 Å². The largest absolute Gasteiger partial charge is 0.480 e. The van der Waals surface area contributed by atoms with Crippen molar-refractivity contribution in [2.45, 2.75) is 59.4 Å². The van der Waals surface area contributed by atoms with Crippen LogP contribution in [0.2, 0.25) is 0 Å². The number of carboxylic acids is 1. The van der Waals surface area contributed by atoms with E-state index in [2.05, 4.69) is 19.2 Å². The van der Waals surface area contributed by atoms with Gasteiger partial charge in [0.05, 0.1) is 0 Å². The number of aliphatic carboxylic acids is 1. The first kappa shape index (κ1) is 17.8. The summed E-state index contributed by atoms with van der Waals surface area (Å²) in [5.74, 6) is 0.280. The Labute approximate surface area is 128 Å². The van der Waals surface area contributed by atoms with Gasteiger partial charge < -0.3 is 15.3 Å². The Kier molecular flexibility index (Phi) is 6.99. The van der Waals surface area contributed by atoms with Crippen LogP contribution in [0.1, 0.15) is 53.4 Å². The SMILES string of the molecule is CCC(C)C(NC(=O)N1CCCC(C(C)C)CC1)C(=O)O. The average Bonchev–Trinajstić information content (AvgIpc) is 2.69. The van der Waals surface area contributed by atoms with Gasteiger partial charge >= 0.3 is 12.0 Å². The molecule has 3 unspecified atom stereocenters. The number of likely N-dealkylation sites (tertiary alicyclic amines) is 1. The van der Waals surface area contributed by atoms with E-state index >= 15 is 0 Å². The monoisotopic (exact) mass is 298 g/mol. The zero-order valence-electron chi connectivity index (χ0n) is 13.8. The van der Waals surface area contributed by atoms with Crippen LogP contribution >= 0.6 is 0 Å². The van der Waals surface area contributed by atoms with Crippen molar-refractivity contribution >= 4 is 12.0 Å². The van der Waals surface area contributed by atoms with Gasteiger partial charge in [0.1, 0.15) is 6.04 Å². The maximum Gasteiger partial charge on any atom is 0.326 e. The molecule has 5 heteroatoms. The molecule has 2 amide bonds. The first-order valence-corrected chi connectivity index (χ1v) is 8.15. The molecule has 1 heterocycles. The maximum atomic E-state index is 12.3. The summed E-state index contributed by atoms with van der Waals surface area (Å²) in [7, 11) is 0. The molecule has 1 aliphatic rings. The second-order valence-electron chi connectivity index (χ2n) is 6.57. The fraction of sp³-hybridized carbons (Fsp3) is 0.875. The molecule has 21 heavy (non-hydrogen) atoms. The van der Waals surface area contributed by atoms with Gasteiger partial charge in [0, 0.05) is 13.1 Å². The van der Waals surface area contributed by atoms with Crippen LogP contribution in [-0.4, -0.2) is 41.1 Å². The molecule has 5 nitrogen and oxygen atoms in total. The number of carbonyl (C=O) groups is 2. The summed E-state index contributed by atoms with van der Waals surface area (Å²) in [6.07, 6.45) is 3.88. The van der Waals surface area contributed by atoms with Crippen LogP contribution < -0.4 is 5.32 Å². The number of nitrogens with one attached hydrogen (secondary N) is 1. The van der Waals surface area contributed by atoms with Gasteiger partial charge in [-0.2, -0.15) is 0 Å². The highest BCUT2D eigenvalue weighted by molar-refractivity contribution is 5.82. The Morgan fingerprint density at radius 3 is 2.43 bits per heavy atom. The van der Waals surface area contributed by atoms with E-state index in [9.17, 15) is 14.7 Å². The lowest BCUT2D eigenvalue weighted by molar-refractivity contribution is -0.140. The van der Waals surface area contributed by atoms with Gasteiger partial charge in [-0.25, -0.2) is 9.59 Å². The number of amides is 2. The molecule has 0 radical (unpaired) electrons. The summed E-state index contributed by atoms with van der Waals surface area (Å²) < 4.78 is 0. The van der Waals surface area contributed by atoms with E-state index in [-0.39, 0.29) is 11.9 Å². The molecule has 1 saturated heterocycles. The van der Waals surface area contributed by atoms with Gasteiger partial charge in [0.15, 0.2) is 0 Å². The van der Waals surface area contributed by atoms with Crippen molar-refractivity contribution in [3.05, 3.63) is 0 Å². The van der Waals surface area contributed by atoms with Gasteiger partial charge in [-0.3, -0.25) is 0 Å². The van der Waals surface area contributed by atoms with Crippen LogP contribution in [0.3, 0.4) is 0 Å². The number of carboxylic acid groups (broad SMARTS) is 1. The second-order valence-corrected chi connectivity index (χ2v) is 6.57. The number of carbonyl (C=O) groups excluding carboxylic acids is 1. The lowest BCUT2D eigenvalue weighted by atomic mass is 9.89. The van der Waals surface area contributed by atoms with Crippen LogP contribution in [0.15, 0.2) is 0 Å². The van der Waals surface area contributed by atoms with Gasteiger partial charge in [-0.1, -0.05) is 34.1 Å². The summed E-state index contributed by atoms with van der Waals surface area (Å²) in [6.45, 7) is 9.69. The third-order valence-corrected chi connectivity index (χ3v) is 4.76. The zero-order valence-corrected chi connectivity index (χ0v) is 13.8. The molecule has 3 atom stereocenters. The van der Waals surface area contributed by atoms with Crippen LogP contribution in [-0.2, 0) is 4.79 Å². The molecule has 0 saturated carbocycles. The minimum atomic E-state index is -0.951.